The molecule has 0 fully saturated rings. The fraction of sp³-hybridized carbons (Fsp3) is 0.385. The zero-order chi connectivity index (χ0) is 12.4. The molecular weight excluding hydrogens is 212 g/mol. The molecule has 1 heterocycles. The van der Waals surface area contributed by atoms with Crippen molar-refractivity contribution in [2.24, 2.45) is 12.8 Å². The minimum Gasteiger partial charge on any atom is -0.326 e. The molecule has 0 saturated carbocycles. The number of nitrogens with zero attached hydrogens (tertiary/aromatic N) is 3. The van der Waals surface area contributed by atoms with Crippen molar-refractivity contribution in [2.45, 2.75) is 26.3 Å². The van der Waals surface area contributed by atoms with Crippen molar-refractivity contribution in [1.82, 2.24) is 14.8 Å². The molecule has 0 radical (unpaired) electrons. The molecule has 17 heavy (non-hydrogen) atoms. The van der Waals surface area contributed by atoms with Gasteiger partial charge in [0.25, 0.3) is 0 Å². The van der Waals surface area contributed by atoms with Gasteiger partial charge in [0, 0.05) is 25.1 Å². The Hall–Kier alpha value is -1.68. The third kappa shape index (κ3) is 2.36. The van der Waals surface area contributed by atoms with Crippen molar-refractivity contribution in [3.63, 3.8) is 0 Å². The Kier molecular flexibility index (Phi) is 3.24. The summed E-state index contributed by atoms with van der Waals surface area (Å²) in [5, 5.41) is 4.41. The van der Waals surface area contributed by atoms with Gasteiger partial charge in [-0.3, -0.25) is 0 Å². The molecule has 0 aliphatic carbocycles. The van der Waals surface area contributed by atoms with Crippen molar-refractivity contribution < 1.29 is 0 Å². The van der Waals surface area contributed by atoms with Crippen LogP contribution in [0.2, 0.25) is 0 Å². The summed E-state index contributed by atoms with van der Waals surface area (Å²) in [4.78, 5) is 4.56. The number of rotatable bonds is 3. The van der Waals surface area contributed by atoms with E-state index < -0.39 is 0 Å². The van der Waals surface area contributed by atoms with Crippen LogP contribution in [0.15, 0.2) is 24.3 Å². The highest BCUT2D eigenvalue weighted by atomic mass is 15.3. The fourth-order valence-corrected chi connectivity index (χ4v) is 1.69. The number of benzene rings is 1. The highest BCUT2D eigenvalue weighted by Gasteiger charge is 2.11. The van der Waals surface area contributed by atoms with E-state index in [2.05, 4.69) is 23.9 Å². The molecule has 2 aromatic rings. The number of hydrogen-bond acceptors (Lipinski definition) is 3. The van der Waals surface area contributed by atoms with E-state index in [4.69, 9.17) is 5.73 Å². The first-order chi connectivity index (χ1) is 8.11. The Morgan fingerprint density at radius 3 is 2.35 bits per heavy atom. The summed E-state index contributed by atoms with van der Waals surface area (Å²) in [5.74, 6) is 2.13. The molecule has 4 nitrogen and oxygen atoms in total. The Bertz CT molecular complexity index is 497. The molecule has 0 spiro atoms. The number of hydrogen-bond donors (Lipinski definition) is 1. The van der Waals surface area contributed by atoms with Crippen LogP contribution in [-0.2, 0) is 13.6 Å². The highest BCUT2D eigenvalue weighted by Crippen LogP contribution is 2.19. The average molecular weight is 230 g/mol. The maximum atomic E-state index is 5.58. The summed E-state index contributed by atoms with van der Waals surface area (Å²) in [6.45, 7) is 4.75. The van der Waals surface area contributed by atoms with Crippen LogP contribution in [0.3, 0.4) is 0 Å². The Balaban J connectivity index is 2.38. The minimum atomic E-state index is 0.346. The second-order valence-corrected chi connectivity index (χ2v) is 4.47. The SMILES string of the molecule is CC(C)c1nc(-c2ccc(CN)cc2)n(C)n1. The molecule has 90 valence electrons. The van der Waals surface area contributed by atoms with Crippen molar-refractivity contribution in [2.75, 3.05) is 0 Å². The molecular formula is C13H18N4. The second kappa shape index (κ2) is 4.67. The molecule has 2 N–H and O–H groups in total. The Morgan fingerprint density at radius 2 is 1.88 bits per heavy atom. The fourth-order valence-electron chi connectivity index (χ4n) is 1.69. The largest absolute Gasteiger partial charge is 0.326 e. The second-order valence-electron chi connectivity index (χ2n) is 4.47. The van der Waals surface area contributed by atoms with E-state index in [-0.39, 0.29) is 0 Å². The zero-order valence-electron chi connectivity index (χ0n) is 10.5. The summed E-state index contributed by atoms with van der Waals surface area (Å²) < 4.78 is 1.83. The summed E-state index contributed by atoms with van der Waals surface area (Å²) in [6, 6.07) is 8.13. The van der Waals surface area contributed by atoms with E-state index in [0.29, 0.717) is 12.5 Å². The van der Waals surface area contributed by atoms with Crippen LogP contribution in [0.5, 0.6) is 0 Å². The number of nitrogens with two attached hydrogens (primary N) is 1. The lowest BCUT2D eigenvalue weighted by Gasteiger charge is -2.01. The lowest BCUT2D eigenvalue weighted by molar-refractivity contribution is 0.712. The third-order valence-corrected chi connectivity index (χ3v) is 2.74. The molecule has 0 aliphatic rings. The van der Waals surface area contributed by atoms with Gasteiger partial charge in [0.1, 0.15) is 0 Å². The van der Waals surface area contributed by atoms with E-state index in [0.717, 1.165) is 22.8 Å². The lowest BCUT2D eigenvalue weighted by Crippen LogP contribution is -1.97. The summed E-state index contributed by atoms with van der Waals surface area (Å²) in [7, 11) is 1.92. The van der Waals surface area contributed by atoms with Crippen LogP contribution in [0.25, 0.3) is 11.4 Å². The van der Waals surface area contributed by atoms with Gasteiger partial charge in [-0.1, -0.05) is 38.1 Å². The monoisotopic (exact) mass is 230 g/mol. The molecule has 2 rings (SSSR count). The summed E-state index contributed by atoms with van der Waals surface area (Å²) >= 11 is 0. The van der Waals surface area contributed by atoms with E-state index in [9.17, 15) is 0 Å². The molecule has 0 aliphatic heterocycles. The number of aromatic nitrogens is 3. The van der Waals surface area contributed by atoms with Crippen LogP contribution in [-0.4, -0.2) is 14.8 Å². The van der Waals surface area contributed by atoms with Gasteiger partial charge in [0.05, 0.1) is 0 Å². The van der Waals surface area contributed by atoms with Crippen molar-refractivity contribution in [3.05, 3.63) is 35.7 Å². The first kappa shape index (κ1) is 11.8. The average Bonchev–Trinajstić information content (AvgIpc) is 2.72. The molecule has 1 aromatic carbocycles. The quantitative estimate of drug-likeness (QED) is 0.878. The van der Waals surface area contributed by atoms with Crippen LogP contribution in [0, 0.1) is 0 Å². The minimum absolute atomic E-state index is 0.346. The lowest BCUT2D eigenvalue weighted by atomic mass is 10.1. The summed E-state index contributed by atoms with van der Waals surface area (Å²) in [5.41, 5.74) is 7.78. The normalized spacial score (nSPS) is 11.1. The third-order valence-electron chi connectivity index (χ3n) is 2.74. The first-order valence-corrected chi connectivity index (χ1v) is 5.82. The molecule has 0 amide bonds. The highest BCUT2D eigenvalue weighted by molar-refractivity contribution is 5.55. The Labute approximate surface area is 101 Å². The molecule has 4 heteroatoms. The molecule has 0 saturated heterocycles. The summed E-state index contributed by atoms with van der Waals surface area (Å²) in [6.07, 6.45) is 0. The van der Waals surface area contributed by atoms with Crippen LogP contribution in [0.1, 0.15) is 31.2 Å². The standard InChI is InChI=1S/C13H18N4/c1-9(2)12-15-13(17(3)16-12)11-6-4-10(8-14)5-7-11/h4-7,9H,8,14H2,1-3H3. The molecule has 0 unspecified atom stereocenters. The maximum absolute atomic E-state index is 5.58. The van der Waals surface area contributed by atoms with Crippen LogP contribution >= 0.6 is 0 Å². The van der Waals surface area contributed by atoms with Gasteiger partial charge < -0.3 is 5.73 Å². The van der Waals surface area contributed by atoms with Crippen LogP contribution in [0.4, 0.5) is 0 Å². The van der Waals surface area contributed by atoms with E-state index in [1.54, 1.807) is 0 Å². The van der Waals surface area contributed by atoms with Crippen molar-refractivity contribution >= 4 is 0 Å². The van der Waals surface area contributed by atoms with E-state index in [1.165, 1.54) is 0 Å². The van der Waals surface area contributed by atoms with Gasteiger partial charge in [0.15, 0.2) is 11.6 Å². The zero-order valence-corrected chi connectivity index (χ0v) is 10.5. The predicted octanol–water partition coefficient (Wildman–Crippen LogP) is 2.06. The smallest absolute Gasteiger partial charge is 0.158 e. The topological polar surface area (TPSA) is 56.7 Å². The van der Waals surface area contributed by atoms with Crippen molar-refractivity contribution in [3.8, 4) is 11.4 Å². The van der Waals surface area contributed by atoms with Gasteiger partial charge >= 0.3 is 0 Å². The molecule has 1 aromatic heterocycles. The number of aryl methyl sites for hydroxylation is 1. The van der Waals surface area contributed by atoms with E-state index in [1.807, 2.05) is 36.0 Å². The van der Waals surface area contributed by atoms with Crippen LogP contribution < -0.4 is 5.73 Å². The van der Waals surface area contributed by atoms with Gasteiger partial charge in [-0.25, -0.2) is 9.67 Å². The Morgan fingerprint density at radius 1 is 1.24 bits per heavy atom. The van der Waals surface area contributed by atoms with Crippen molar-refractivity contribution in [1.29, 1.82) is 0 Å². The van der Waals surface area contributed by atoms with Gasteiger partial charge in [-0.05, 0) is 5.56 Å². The first-order valence-electron chi connectivity index (χ1n) is 5.82. The molecule has 0 bridgehead atoms. The molecule has 0 atom stereocenters. The van der Waals surface area contributed by atoms with Gasteiger partial charge in [-0.15, -0.1) is 0 Å². The predicted molar refractivity (Wildman–Crippen MR) is 68.4 cm³/mol. The maximum Gasteiger partial charge on any atom is 0.158 e. The van der Waals surface area contributed by atoms with Gasteiger partial charge in [0.2, 0.25) is 0 Å². The van der Waals surface area contributed by atoms with E-state index >= 15 is 0 Å². The van der Waals surface area contributed by atoms with Gasteiger partial charge in [-0.2, -0.15) is 5.10 Å².